The van der Waals surface area contributed by atoms with Crippen LogP contribution in [0.1, 0.15) is 11.1 Å². The van der Waals surface area contributed by atoms with Crippen LogP contribution in [0.3, 0.4) is 0 Å². The van der Waals surface area contributed by atoms with Crippen LogP contribution in [0, 0.1) is 11.3 Å². The van der Waals surface area contributed by atoms with Gasteiger partial charge in [-0.3, -0.25) is 4.79 Å². The summed E-state index contributed by atoms with van der Waals surface area (Å²) < 4.78 is 1.99. The number of nitrogen functional groups attached to an aromatic ring is 1. The van der Waals surface area contributed by atoms with E-state index in [9.17, 15) is 10.1 Å². The monoisotopic (exact) mass is 382 g/mol. The zero-order chi connectivity index (χ0) is 20.4. The first-order valence-electron chi connectivity index (χ1n) is 9.00. The van der Waals surface area contributed by atoms with Crippen molar-refractivity contribution >= 4 is 22.4 Å². The van der Waals surface area contributed by atoms with Crippen LogP contribution in [-0.2, 0) is 13.6 Å². The number of hydrogen-bond acceptors (Lipinski definition) is 6. The van der Waals surface area contributed by atoms with Crippen molar-refractivity contribution in [3.8, 4) is 17.3 Å². The highest BCUT2D eigenvalue weighted by molar-refractivity contribution is 5.84. The molecular formula is C22H18N6O. The molecule has 0 bridgehead atoms. The molecule has 0 saturated carbocycles. The molecule has 2 heterocycles. The van der Waals surface area contributed by atoms with Gasteiger partial charge in [0.15, 0.2) is 5.43 Å². The SMILES string of the molecule is Cn1c(-c2cccc(N)c2)c(CNc2ncncc2C#N)c(=O)c2ccccc21. The molecular weight excluding hydrogens is 364 g/mol. The number of nitrogens with two attached hydrogens (primary N) is 1. The maximum atomic E-state index is 13.4. The third-order valence-corrected chi connectivity index (χ3v) is 4.83. The topological polar surface area (TPSA) is 110 Å². The van der Waals surface area contributed by atoms with Crippen molar-refractivity contribution in [2.45, 2.75) is 6.54 Å². The van der Waals surface area contributed by atoms with E-state index in [1.54, 1.807) is 6.07 Å². The Morgan fingerprint density at radius 1 is 1.21 bits per heavy atom. The van der Waals surface area contributed by atoms with E-state index in [0.717, 1.165) is 16.8 Å². The molecule has 0 atom stereocenters. The summed E-state index contributed by atoms with van der Waals surface area (Å²) in [6.07, 6.45) is 2.80. The summed E-state index contributed by atoms with van der Waals surface area (Å²) in [4.78, 5) is 21.3. The number of aromatic nitrogens is 3. The third-order valence-electron chi connectivity index (χ3n) is 4.83. The molecule has 29 heavy (non-hydrogen) atoms. The molecule has 0 amide bonds. The van der Waals surface area contributed by atoms with E-state index in [4.69, 9.17) is 5.73 Å². The zero-order valence-corrected chi connectivity index (χ0v) is 15.8. The van der Waals surface area contributed by atoms with Gasteiger partial charge in [0.1, 0.15) is 23.8 Å². The van der Waals surface area contributed by atoms with Crippen molar-refractivity contribution in [3.63, 3.8) is 0 Å². The number of nitriles is 1. The maximum absolute atomic E-state index is 13.4. The first-order chi connectivity index (χ1) is 14.1. The molecule has 2 aromatic heterocycles. The van der Waals surface area contributed by atoms with Gasteiger partial charge in [-0.2, -0.15) is 5.26 Å². The lowest BCUT2D eigenvalue weighted by Gasteiger charge is -2.18. The molecule has 142 valence electrons. The fourth-order valence-corrected chi connectivity index (χ4v) is 3.49. The molecule has 3 N–H and O–H groups in total. The molecule has 4 aromatic rings. The van der Waals surface area contributed by atoms with Gasteiger partial charge in [0.25, 0.3) is 0 Å². The maximum Gasteiger partial charge on any atom is 0.195 e. The molecule has 0 aliphatic rings. The normalized spacial score (nSPS) is 10.6. The minimum atomic E-state index is -0.0730. The molecule has 0 aliphatic carbocycles. The van der Waals surface area contributed by atoms with Crippen LogP contribution in [0.4, 0.5) is 11.5 Å². The number of aryl methyl sites for hydroxylation is 1. The van der Waals surface area contributed by atoms with Crippen molar-refractivity contribution in [2.75, 3.05) is 11.1 Å². The molecule has 0 saturated heterocycles. The predicted octanol–water partition coefficient (Wildman–Crippen LogP) is 3.06. The Bertz CT molecular complexity index is 1320. The van der Waals surface area contributed by atoms with Gasteiger partial charge in [-0.05, 0) is 24.3 Å². The summed E-state index contributed by atoms with van der Waals surface area (Å²) in [6.45, 7) is 0.202. The van der Waals surface area contributed by atoms with E-state index < -0.39 is 0 Å². The first kappa shape index (κ1) is 18.2. The van der Waals surface area contributed by atoms with Crippen molar-refractivity contribution < 1.29 is 0 Å². The molecule has 0 spiro atoms. The number of benzene rings is 2. The number of nitrogens with one attached hydrogen (secondary N) is 1. The van der Waals surface area contributed by atoms with E-state index in [-0.39, 0.29) is 12.0 Å². The van der Waals surface area contributed by atoms with Crippen LogP contribution in [0.15, 0.2) is 65.8 Å². The number of fused-ring (bicyclic) bond motifs is 1. The van der Waals surface area contributed by atoms with Crippen molar-refractivity contribution in [2.24, 2.45) is 7.05 Å². The van der Waals surface area contributed by atoms with E-state index in [0.29, 0.717) is 28.0 Å². The van der Waals surface area contributed by atoms with E-state index in [2.05, 4.69) is 21.4 Å². The van der Waals surface area contributed by atoms with Crippen molar-refractivity contribution in [3.05, 3.63) is 82.4 Å². The standard InChI is InChI=1S/C22H18N6O/c1-28-19-8-3-2-7-17(19)21(29)18(20(28)14-5-4-6-16(24)9-14)12-26-22-15(10-23)11-25-13-27-22/h2-9,11,13H,12,24H2,1H3,(H,25,26,27). The van der Waals surface area contributed by atoms with Crippen LogP contribution in [0.2, 0.25) is 0 Å². The van der Waals surface area contributed by atoms with Crippen molar-refractivity contribution in [1.29, 1.82) is 5.26 Å². The Morgan fingerprint density at radius 2 is 2.03 bits per heavy atom. The first-order valence-corrected chi connectivity index (χ1v) is 9.00. The zero-order valence-electron chi connectivity index (χ0n) is 15.8. The molecule has 4 rings (SSSR count). The lowest BCUT2D eigenvalue weighted by molar-refractivity contribution is 0.931. The minimum absolute atomic E-state index is 0.0730. The van der Waals surface area contributed by atoms with Crippen LogP contribution >= 0.6 is 0 Å². The molecule has 0 radical (unpaired) electrons. The number of rotatable bonds is 4. The summed E-state index contributed by atoms with van der Waals surface area (Å²) in [5, 5.41) is 13.0. The highest BCUT2D eigenvalue weighted by Gasteiger charge is 2.17. The number of pyridine rings is 1. The fraction of sp³-hybridized carbons (Fsp3) is 0.0909. The average molecular weight is 382 g/mol. The van der Waals surface area contributed by atoms with Crippen LogP contribution in [-0.4, -0.2) is 14.5 Å². The number of anilines is 2. The molecule has 2 aromatic carbocycles. The quantitative estimate of drug-likeness (QED) is 0.525. The molecule has 0 aliphatic heterocycles. The summed E-state index contributed by atoms with van der Waals surface area (Å²) in [5.74, 6) is 0.385. The van der Waals surface area contributed by atoms with Gasteiger partial charge in [0, 0.05) is 35.8 Å². The van der Waals surface area contributed by atoms with E-state index in [1.807, 2.05) is 54.1 Å². The highest BCUT2D eigenvalue weighted by atomic mass is 16.1. The van der Waals surface area contributed by atoms with Gasteiger partial charge in [-0.1, -0.05) is 24.3 Å². The Kier molecular flexibility index (Phi) is 4.67. The van der Waals surface area contributed by atoms with E-state index >= 15 is 0 Å². The number of hydrogen-bond donors (Lipinski definition) is 2. The second-order valence-electron chi connectivity index (χ2n) is 6.61. The predicted molar refractivity (Wildman–Crippen MR) is 113 cm³/mol. The molecule has 0 fully saturated rings. The Morgan fingerprint density at radius 3 is 2.83 bits per heavy atom. The molecule has 7 nitrogen and oxygen atoms in total. The molecule has 7 heteroatoms. The third kappa shape index (κ3) is 3.28. The van der Waals surface area contributed by atoms with Crippen LogP contribution in [0.25, 0.3) is 22.2 Å². The minimum Gasteiger partial charge on any atom is -0.399 e. The van der Waals surface area contributed by atoms with Gasteiger partial charge in [-0.15, -0.1) is 0 Å². The average Bonchev–Trinajstić information content (AvgIpc) is 2.75. The highest BCUT2D eigenvalue weighted by Crippen LogP contribution is 2.27. The molecule has 0 unspecified atom stereocenters. The summed E-state index contributed by atoms with van der Waals surface area (Å²) in [6, 6.07) is 17.0. The van der Waals surface area contributed by atoms with Gasteiger partial charge in [0.05, 0.1) is 17.4 Å². The Balaban J connectivity index is 1.92. The van der Waals surface area contributed by atoms with Crippen LogP contribution in [0.5, 0.6) is 0 Å². The second kappa shape index (κ2) is 7.44. The smallest absolute Gasteiger partial charge is 0.195 e. The number of para-hydroxylation sites is 1. The van der Waals surface area contributed by atoms with Gasteiger partial charge >= 0.3 is 0 Å². The Hall–Kier alpha value is -4.18. The van der Waals surface area contributed by atoms with Gasteiger partial charge < -0.3 is 15.6 Å². The largest absolute Gasteiger partial charge is 0.399 e. The fourth-order valence-electron chi connectivity index (χ4n) is 3.49. The summed E-state index contributed by atoms with van der Waals surface area (Å²) in [7, 11) is 1.93. The van der Waals surface area contributed by atoms with E-state index in [1.165, 1.54) is 12.5 Å². The summed E-state index contributed by atoms with van der Waals surface area (Å²) in [5.41, 5.74) is 9.86. The van der Waals surface area contributed by atoms with Crippen LogP contribution < -0.4 is 16.5 Å². The second-order valence-corrected chi connectivity index (χ2v) is 6.61. The summed E-state index contributed by atoms with van der Waals surface area (Å²) >= 11 is 0. The number of nitrogens with zero attached hydrogens (tertiary/aromatic N) is 4. The van der Waals surface area contributed by atoms with Crippen molar-refractivity contribution in [1.82, 2.24) is 14.5 Å². The van der Waals surface area contributed by atoms with Gasteiger partial charge in [0.2, 0.25) is 0 Å². The lowest BCUT2D eigenvalue weighted by atomic mass is 10.0. The lowest BCUT2D eigenvalue weighted by Crippen LogP contribution is -2.20. The Labute approximate surface area is 167 Å². The van der Waals surface area contributed by atoms with Gasteiger partial charge in [-0.25, -0.2) is 9.97 Å².